The van der Waals surface area contributed by atoms with Crippen molar-refractivity contribution in [1.29, 1.82) is 0 Å². The second-order valence-corrected chi connectivity index (χ2v) is 3.15. The van der Waals surface area contributed by atoms with E-state index in [0.717, 1.165) is 12.8 Å². The summed E-state index contributed by atoms with van der Waals surface area (Å²) in [6.07, 6.45) is 1.81. The van der Waals surface area contributed by atoms with Gasteiger partial charge < -0.3 is 15.3 Å². The first-order valence-electron chi connectivity index (χ1n) is 4.41. The number of carbonyl (C=O) groups is 2. The lowest BCUT2D eigenvalue weighted by Crippen LogP contribution is -2.38. The highest BCUT2D eigenvalue weighted by molar-refractivity contribution is 5.82. The minimum absolute atomic E-state index is 0.0496. The van der Waals surface area contributed by atoms with E-state index in [1.54, 1.807) is 0 Å². The van der Waals surface area contributed by atoms with Crippen molar-refractivity contribution in [2.75, 3.05) is 13.1 Å². The standard InChI is InChI=1S/C8H14N2O3/c1-2-3-6-4-9-8(13)10(6)5-7(11)12/h6H,2-5H2,1H3,(H,9,13)(H,11,12)/t6-/m0/s1. The topological polar surface area (TPSA) is 69.6 Å². The number of nitrogens with zero attached hydrogens (tertiary/aromatic N) is 1. The van der Waals surface area contributed by atoms with Gasteiger partial charge in [-0.2, -0.15) is 0 Å². The largest absolute Gasteiger partial charge is 0.480 e. The minimum atomic E-state index is -0.960. The van der Waals surface area contributed by atoms with Gasteiger partial charge in [0.1, 0.15) is 6.54 Å². The van der Waals surface area contributed by atoms with Gasteiger partial charge in [0.15, 0.2) is 0 Å². The van der Waals surface area contributed by atoms with Crippen molar-refractivity contribution in [3.63, 3.8) is 0 Å². The first-order valence-corrected chi connectivity index (χ1v) is 4.41. The van der Waals surface area contributed by atoms with E-state index >= 15 is 0 Å². The van der Waals surface area contributed by atoms with Crippen LogP contribution in [0.15, 0.2) is 0 Å². The van der Waals surface area contributed by atoms with Crippen molar-refractivity contribution in [1.82, 2.24) is 10.2 Å². The van der Waals surface area contributed by atoms with Crippen LogP contribution < -0.4 is 5.32 Å². The quantitative estimate of drug-likeness (QED) is 0.661. The van der Waals surface area contributed by atoms with E-state index in [4.69, 9.17) is 5.11 Å². The molecule has 13 heavy (non-hydrogen) atoms. The maximum absolute atomic E-state index is 11.1. The fourth-order valence-corrected chi connectivity index (χ4v) is 1.52. The molecule has 74 valence electrons. The predicted octanol–water partition coefficient (Wildman–Crippen LogP) is 0.265. The molecule has 1 atom stereocenters. The molecular weight excluding hydrogens is 172 g/mol. The molecule has 0 spiro atoms. The van der Waals surface area contributed by atoms with Gasteiger partial charge in [0.05, 0.1) is 6.04 Å². The first kappa shape index (κ1) is 9.83. The van der Waals surface area contributed by atoms with Gasteiger partial charge in [-0.3, -0.25) is 4.79 Å². The van der Waals surface area contributed by atoms with E-state index in [-0.39, 0.29) is 18.6 Å². The van der Waals surface area contributed by atoms with E-state index < -0.39 is 5.97 Å². The highest BCUT2D eigenvalue weighted by Gasteiger charge is 2.30. The molecule has 0 radical (unpaired) electrons. The molecular formula is C8H14N2O3. The third-order valence-electron chi connectivity index (χ3n) is 2.12. The zero-order chi connectivity index (χ0) is 9.84. The molecule has 5 nitrogen and oxygen atoms in total. The molecule has 5 heteroatoms. The lowest BCUT2D eigenvalue weighted by molar-refractivity contribution is -0.137. The lowest BCUT2D eigenvalue weighted by Gasteiger charge is -2.20. The van der Waals surface area contributed by atoms with Crippen molar-refractivity contribution in [2.45, 2.75) is 25.8 Å². The number of rotatable bonds is 4. The SMILES string of the molecule is CCC[C@H]1CNC(=O)N1CC(=O)O. The summed E-state index contributed by atoms with van der Waals surface area (Å²) in [6, 6.07) is -0.213. The summed E-state index contributed by atoms with van der Waals surface area (Å²) in [5.74, 6) is -0.960. The summed E-state index contributed by atoms with van der Waals surface area (Å²) in [5.41, 5.74) is 0. The van der Waals surface area contributed by atoms with Gasteiger partial charge in [-0.1, -0.05) is 13.3 Å². The normalized spacial score (nSPS) is 21.8. The molecule has 1 rings (SSSR count). The Morgan fingerprint density at radius 3 is 3.00 bits per heavy atom. The molecule has 0 aromatic rings. The molecule has 1 fully saturated rings. The van der Waals surface area contributed by atoms with E-state index in [9.17, 15) is 9.59 Å². The number of carbonyl (C=O) groups excluding carboxylic acids is 1. The zero-order valence-corrected chi connectivity index (χ0v) is 7.62. The second kappa shape index (κ2) is 4.11. The molecule has 0 aromatic heterocycles. The number of hydrogen-bond acceptors (Lipinski definition) is 2. The fraction of sp³-hybridized carbons (Fsp3) is 0.750. The van der Waals surface area contributed by atoms with Crippen LogP contribution in [-0.2, 0) is 4.79 Å². The zero-order valence-electron chi connectivity index (χ0n) is 7.62. The van der Waals surface area contributed by atoms with E-state index in [1.807, 2.05) is 6.92 Å². The predicted molar refractivity (Wildman–Crippen MR) is 46.4 cm³/mol. The smallest absolute Gasteiger partial charge is 0.323 e. The van der Waals surface area contributed by atoms with E-state index in [2.05, 4.69) is 5.32 Å². The Hall–Kier alpha value is -1.26. The molecule has 0 bridgehead atoms. The number of urea groups is 1. The van der Waals surface area contributed by atoms with E-state index in [1.165, 1.54) is 4.90 Å². The molecule has 0 aliphatic carbocycles. The number of carboxylic acids is 1. The fourth-order valence-electron chi connectivity index (χ4n) is 1.52. The van der Waals surface area contributed by atoms with Crippen molar-refractivity contribution in [3.05, 3.63) is 0 Å². The Bertz CT molecular complexity index is 217. The lowest BCUT2D eigenvalue weighted by atomic mass is 10.1. The maximum Gasteiger partial charge on any atom is 0.323 e. The average molecular weight is 186 g/mol. The molecule has 1 heterocycles. The Balaban J connectivity index is 2.54. The molecule has 1 aliphatic rings. The van der Waals surface area contributed by atoms with Gasteiger partial charge in [-0.05, 0) is 6.42 Å². The minimum Gasteiger partial charge on any atom is -0.480 e. The van der Waals surface area contributed by atoms with Crippen LogP contribution in [0.1, 0.15) is 19.8 Å². The van der Waals surface area contributed by atoms with Crippen LogP contribution in [0.3, 0.4) is 0 Å². The van der Waals surface area contributed by atoms with Crippen LogP contribution in [-0.4, -0.2) is 41.1 Å². The van der Waals surface area contributed by atoms with Gasteiger partial charge in [0, 0.05) is 6.54 Å². The van der Waals surface area contributed by atoms with Gasteiger partial charge in [-0.15, -0.1) is 0 Å². The number of nitrogens with one attached hydrogen (secondary N) is 1. The van der Waals surface area contributed by atoms with Crippen LogP contribution in [0.2, 0.25) is 0 Å². The summed E-state index contributed by atoms with van der Waals surface area (Å²) in [4.78, 5) is 23.0. The summed E-state index contributed by atoms with van der Waals surface area (Å²) >= 11 is 0. The first-order chi connectivity index (χ1) is 6.15. The third kappa shape index (κ3) is 2.34. The molecule has 0 unspecified atom stereocenters. The van der Waals surface area contributed by atoms with Crippen molar-refractivity contribution < 1.29 is 14.7 Å². The summed E-state index contributed by atoms with van der Waals surface area (Å²) in [7, 11) is 0. The van der Waals surface area contributed by atoms with Crippen LogP contribution in [0.4, 0.5) is 4.79 Å². The van der Waals surface area contributed by atoms with Crippen LogP contribution >= 0.6 is 0 Å². The highest BCUT2D eigenvalue weighted by Crippen LogP contribution is 2.11. The number of amides is 2. The number of carboxylic acid groups (broad SMARTS) is 1. The van der Waals surface area contributed by atoms with E-state index in [0.29, 0.717) is 6.54 Å². The van der Waals surface area contributed by atoms with Crippen molar-refractivity contribution in [3.8, 4) is 0 Å². The van der Waals surface area contributed by atoms with Crippen LogP contribution in [0.25, 0.3) is 0 Å². The number of aliphatic carboxylic acids is 1. The van der Waals surface area contributed by atoms with Crippen molar-refractivity contribution in [2.24, 2.45) is 0 Å². The molecule has 2 amide bonds. The summed E-state index contributed by atoms with van der Waals surface area (Å²) < 4.78 is 0. The molecule has 0 saturated carbocycles. The average Bonchev–Trinajstić information content (AvgIpc) is 2.36. The molecule has 0 aromatic carbocycles. The maximum atomic E-state index is 11.1. The Morgan fingerprint density at radius 2 is 2.46 bits per heavy atom. The molecule has 1 aliphatic heterocycles. The van der Waals surface area contributed by atoms with Gasteiger partial charge in [0.2, 0.25) is 0 Å². The summed E-state index contributed by atoms with van der Waals surface area (Å²) in [5, 5.41) is 11.2. The Labute approximate surface area is 76.7 Å². The Morgan fingerprint density at radius 1 is 1.77 bits per heavy atom. The second-order valence-electron chi connectivity index (χ2n) is 3.15. The third-order valence-corrected chi connectivity index (χ3v) is 2.12. The monoisotopic (exact) mass is 186 g/mol. The molecule has 1 saturated heterocycles. The van der Waals surface area contributed by atoms with Crippen LogP contribution in [0.5, 0.6) is 0 Å². The Kier molecular flexibility index (Phi) is 3.11. The summed E-state index contributed by atoms with van der Waals surface area (Å²) in [6.45, 7) is 2.39. The molecule has 2 N–H and O–H groups in total. The van der Waals surface area contributed by atoms with Crippen LogP contribution in [0, 0.1) is 0 Å². The van der Waals surface area contributed by atoms with Gasteiger partial charge >= 0.3 is 12.0 Å². The highest BCUT2D eigenvalue weighted by atomic mass is 16.4. The number of hydrogen-bond donors (Lipinski definition) is 2. The van der Waals surface area contributed by atoms with Gasteiger partial charge in [-0.25, -0.2) is 4.79 Å². The van der Waals surface area contributed by atoms with Gasteiger partial charge in [0.25, 0.3) is 0 Å². The van der Waals surface area contributed by atoms with Crippen molar-refractivity contribution >= 4 is 12.0 Å².